The monoisotopic (exact) mass is 503 g/mol. The highest BCUT2D eigenvalue weighted by molar-refractivity contribution is 6.20. The van der Waals surface area contributed by atoms with Crippen molar-refractivity contribution in [3.05, 3.63) is 77.2 Å². The molecule has 2 aliphatic rings. The topological polar surface area (TPSA) is 78.8 Å². The summed E-state index contributed by atoms with van der Waals surface area (Å²) in [6.45, 7) is 3.46. The van der Waals surface area contributed by atoms with Crippen LogP contribution in [-0.4, -0.2) is 50.9 Å². The van der Waals surface area contributed by atoms with Crippen LogP contribution in [0.1, 0.15) is 30.3 Å². The van der Waals surface area contributed by atoms with Crippen LogP contribution < -0.4 is 9.80 Å². The fraction of sp³-hybridized carbons (Fsp3) is 0.259. The smallest absolute Gasteiger partial charge is 0.332 e. The maximum atomic E-state index is 15.1. The van der Waals surface area contributed by atoms with E-state index in [1.165, 1.54) is 16.7 Å². The highest BCUT2D eigenvalue weighted by Gasteiger charge is 2.56. The number of imide groups is 1. The highest BCUT2D eigenvalue weighted by atomic mass is 19.1. The molecule has 2 saturated heterocycles. The number of aromatic nitrogens is 2. The molecule has 5 rings (SSSR count). The number of rotatable bonds is 2. The number of nitrogens with zero attached hydrogens (tertiary/aromatic N) is 5. The van der Waals surface area contributed by atoms with E-state index in [0.717, 1.165) is 12.1 Å². The zero-order chi connectivity index (χ0) is 26.5. The van der Waals surface area contributed by atoms with Gasteiger partial charge in [0.1, 0.15) is 17.1 Å². The van der Waals surface area contributed by atoms with Crippen molar-refractivity contribution in [2.24, 2.45) is 7.05 Å². The van der Waals surface area contributed by atoms with Crippen LogP contribution in [0, 0.1) is 30.4 Å². The molecule has 0 aliphatic carbocycles. The van der Waals surface area contributed by atoms with Crippen molar-refractivity contribution in [1.82, 2.24) is 14.5 Å². The Balaban J connectivity index is 1.44. The van der Waals surface area contributed by atoms with Crippen LogP contribution in [0.25, 0.3) is 0 Å². The van der Waals surface area contributed by atoms with Crippen molar-refractivity contribution < 1.29 is 23.2 Å². The van der Waals surface area contributed by atoms with Gasteiger partial charge in [-0.1, -0.05) is 30.0 Å². The minimum Gasteiger partial charge on any atom is -0.336 e. The molecule has 0 N–H and O–H groups in total. The first-order chi connectivity index (χ1) is 17.6. The van der Waals surface area contributed by atoms with Gasteiger partial charge in [0.2, 0.25) is 5.91 Å². The van der Waals surface area contributed by atoms with Gasteiger partial charge in [0.25, 0.3) is 5.91 Å². The maximum absolute atomic E-state index is 15.1. The minimum absolute atomic E-state index is 0.0544. The maximum Gasteiger partial charge on any atom is 0.332 e. The van der Waals surface area contributed by atoms with E-state index in [-0.39, 0.29) is 18.7 Å². The largest absolute Gasteiger partial charge is 0.336 e. The average Bonchev–Trinajstić information content (AvgIpc) is 3.19. The number of benzene rings is 2. The molecule has 2 aliphatic heterocycles. The van der Waals surface area contributed by atoms with Gasteiger partial charge in [0.15, 0.2) is 17.5 Å². The number of carbonyl (C=O) groups is 3. The molecule has 0 bridgehead atoms. The summed E-state index contributed by atoms with van der Waals surface area (Å²) in [6.07, 6.45) is 1.26. The third kappa shape index (κ3) is 4.02. The molecule has 37 heavy (non-hydrogen) atoms. The number of aryl methyl sites for hydroxylation is 2. The fourth-order valence-electron chi connectivity index (χ4n) is 4.66. The van der Waals surface area contributed by atoms with Crippen LogP contribution in [0.15, 0.2) is 48.7 Å². The summed E-state index contributed by atoms with van der Waals surface area (Å²) in [5.74, 6) is 3.06. The van der Waals surface area contributed by atoms with E-state index < -0.39 is 47.1 Å². The van der Waals surface area contributed by atoms with Crippen LogP contribution in [0.4, 0.5) is 25.1 Å². The molecule has 188 valence electrons. The van der Waals surface area contributed by atoms with Gasteiger partial charge < -0.3 is 9.47 Å². The Kier molecular flexibility index (Phi) is 5.79. The van der Waals surface area contributed by atoms with Crippen LogP contribution in [0.5, 0.6) is 0 Å². The Labute approximate surface area is 212 Å². The first-order valence-corrected chi connectivity index (χ1v) is 11.6. The standard InChI is InChI=1S/C27H23F2N5O3/c1-17-30-22(16-31(17)3)32-11-12-33-26(37)34(23(35)15-27(33,2)25(32)36)24-20(28)13-19(14-21(24)29)10-9-18-7-5-4-6-8-18/h4-8,13-14,16H,11-12,15H2,1-3H3. The Bertz CT molecular complexity index is 1460. The summed E-state index contributed by atoms with van der Waals surface area (Å²) in [7, 11) is 1.79. The first kappa shape index (κ1) is 24.2. The molecular weight excluding hydrogens is 480 g/mol. The predicted molar refractivity (Wildman–Crippen MR) is 132 cm³/mol. The normalized spacial score (nSPS) is 19.6. The summed E-state index contributed by atoms with van der Waals surface area (Å²) in [6, 6.07) is 9.92. The lowest BCUT2D eigenvalue weighted by Crippen LogP contribution is -2.73. The lowest BCUT2D eigenvalue weighted by Gasteiger charge is -2.51. The molecule has 1 atom stereocenters. The molecule has 2 aromatic carbocycles. The van der Waals surface area contributed by atoms with Crippen molar-refractivity contribution in [1.29, 1.82) is 0 Å². The SMILES string of the molecule is Cc1nc(N2CCN3C(=O)N(c4c(F)cc(C#Cc5ccccc5)cc4F)C(=O)CC3(C)C2=O)cn1C. The second-order valence-electron chi connectivity index (χ2n) is 9.23. The van der Waals surface area contributed by atoms with Gasteiger partial charge in [-0.25, -0.2) is 23.5 Å². The predicted octanol–water partition coefficient (Wildman–Crippen LogP) is 3.37. The molecule has 10 heteroatoms. The number of hydrogen-bond donors (Lipinski definition) is 0. The van der Waals surface area contributed by atoms with E-state index >= 15 is 8.78 Å². The number of halogens is 2. The Morgan fingerprint density at radius 2 is 1.62 bits per heavy atom. The Morgan fingerprint density at radius 3 is 2.24 bits per heavy atom. The van der Waals surface area contributed by atoms with E-state index in [1.807, 2.05) is 6.07 Å². The fourth-order valence-corrected chi connectivity index (χ4v) is 4.66. The number of hydrogen-bond acceptors (Lipinski definition) is 4. The summed E-state index contributed by atoms with van der Waals surface area (Å²) in [5, 5.41) is 0. The molecule has 4 amide bonds. The number of carbonyl (C=O) groups excluding carboxylic acids is 3. The number of urea groups is 1. The molecule has 0 spiro atoms. The first-order valence-electron chi connectivity index (χ1n) is 11.6. The molecular formula is C27H23F2N5O3. The summed E-state index contributed by atoms with van der Waals surface area (Å²) < 4.78 is 32.0. The molecule has 1 aromatic heterocycles. The molecule has 8 nitrogen and oxygen atoms in total. The minimum atomic E-state index is -1.51. The van der Waals surface area contributed by atoms with Gasteiger partial charge >= 0.3 is 6.03 Å². The van der Waals surface area contributed by atoms with Crippen molar-refractivity contribution in [2.45, 2.75) is 25.8 Å². The number of piperazine rings is 1. The molecule has 0 radical (unpaired) electrons. The van der Waals surface area contributed by atoms with E-state index in [1.54, 1.807) is 49.0 Å². The van der Waals surface area contributed by atoms with Crippen LogP contribution in [-0.2, 0) is 16.6 Å². The van der Waals surface area contributed by atoms with Crippen LogP contribution in [0.2, 0.25) is 0 Å². The molecule has 2 fully saturated rings. The summed E-state index contributed by atoms with van der Waals surface area (Å²) in [4.78, 5) is 47.5. The molecule has 1 unspecified atom stereocenters. The number of amides is 4. The van der Waals surface area contributed by atoms with Crippen molar-refractivity contribution in [2.75, 3.05) is 22.9 Å². The quantitative estimate of drug-likeness (QED) is 0.503. The second kappa shape index (κ2) is 8.85. The van der Waals surface area contributed by atoms with E-state index in [2.05, 4.69) is 16.8 Å². The zero-order valence-corrected chi connectivity index (χ0v) is 20.5. The summed E-state index contributed by atoms with van der Waals surface area (Å²) >= 11 is 0. The lowest BCUT2D eigenvalue weighted by molar-refractivity contribution is -0.137. The molecule has 0 saturated carbocycles. The van der Waals surface area contributed by atoms with Gasteiger partial charge in [-0.05, 0) is 38.1 Å². The van der Waals surface area contributed by atoms with Crippen LogP contribution >= 0.6 is 0 Å². The summed E-state index contributed by atoms with van der Waals surface area (Å²) in [5.41, 5.74) is -1.57. The van der Waals surface area contributed by atoms with Crippen molar-refractivity contribution in [3.63, 3.8) is 0 Å². The number of fused-ring (bicyclic) bond motifs is 1. The van der Waals surface area contributed by atoms with Crippen LogP contribution in [0.3, 0.4) is 0 Å². The third-order valence-electron chi connectivity index (χ3n) is 6.75. The molecule has 3 aromatic rings. The number of anilines is 2. The van der Waals surface area contributed by atoms with Gasteiger partial charge in [0.05, 0.1) is 6.42 Å². The highest BCUT2D eigenvalue weighted by Crippen LogP contribution is 2.37. The Morgan fingerprint density at radius 1 is 0.973 bits per heavy atom. The van der Waals surface area contributed by atoms with Gasteiger partial charge in [0, 0.05) is 37.5 Å². The second-order valence-corrected chi connectivity index (χ2v) is 9.23. The Hall–Kier alpha value is -4.52. The van der Waals surface area contributed by atoms with Gasteiger partial charge in [-0.15, -0.1) is 0 Å². The lowest BCUT2D eigenvalue weighted by atomic mass is 9.88. The average molecular weight is 504 g/mol. The van der Waals surface area contributed by atoms with Gasteiger partial charge in [-0.3, -0.25) is 14.5 Å². The van der Waals surface area contributed by atoms with E-state index in [0.29, 0.717) is 22.1 Å². The third-order valence-corrected chi connectivity index (χ3v) is 6.75. The number of imidazole rings is 1. The van der Waals surface area contributed by atoms with Gasteiger partial charge in [-0.2, -0.15) is 0 Å². The van der Waals surface area contributed by atoms with Crippen molar-refractivity contribution in [3.8, 4) is 11.8 Å². The van der Waals surface area contributed by atoms with E-state index in [9.17, 15) is 14.4 Å². The zero-order valence-electron chi connectivity index (χ0n) is 20.5. The van der Waals surface area contributed by atoms with E-state index in [4.69, 9.17) is 0 Å². The van der Waals surface area contributed by atoms with Crippen molar-refractivity contribution >= 4 is 29.4 Å². The molecule has 3 heterocycles.